The summed E-state index contributed by atoms with van der Waals surface area (Å²) in [4.78, 5) is 16.5. The van der Waals surface area contributed by atoms with Gasteiger partial charge in [-0.2, -0.15) is 0 Å². The first-order chi connectivity index (χ1) is 9.38. The van der Waals surface area contributed by atoms with Gasteiger partial charge in [-0.1, -0.05) is 6.07 Å². The van der Waals surface area contributed by atoms with Crippen molar-refractivity contribution >= 4 is 21.8 Å². The number of amides is 1. The molecule has 1 saturated heterocycles. The van der Waals surface area contributed by atoms with E-state index in [4.69, 9.17) is 0 Å². The fourth-order valence-electron chi connectivity index (χ4n) is 2.68. The zero-order chi connectivity index (χ0) is 14.9. The number of benzene rings is 1. The Hall–Kier alpha value is -0.910. The quantitative estimate of drug-likeness (QED) is 0.913. The number of aliphatic hydroxyl groups excluding tert-OH is 1. The first kappa shape index (κ1) is 15.5. The Kier molecular flexibility index (Phi) is 4.83. The molecule has 0 aromatic heterocycles. The molecule has 1 heterocycles. The SMILES string of the molecule is Cc1ccc(C(=O)N2CC(O)CC2CN(C)C)c(Br)c1. The molecule has 0 radical (unpaired) electrons. The number of halogens is 1. The molecule has 4 nitrogen and oxygen atoms in total. The summed E-state index contributed by atoms with van der Waals surface area (Å²) < 4.78 is 0.812. The number of nitrogens with zero attached hydrogens (tertiary/aromatic N) is 2. The summed E-state index contributed by atoms with van der Waals surface area (Å²) in [7, 11) is 3.96. The fraction of sp³-hybridized carbons (Fsp3) is 0.533. The number of β-amino-alcohol motifs (C(OH)–C–C–N with tert-alkyl or cyclic N) is 1. The van der Waals surface area contributed by atoms with Crippen molar-refractivity contribution in [2.45, 2.75) is 25.5 Å². The third-order valence-corrected chi connectivity index (χ3v) is 4.24. The van der Waals surface area contributed by atoms with Crippen molar-refractivity contribution in [3.63, 3.8) is 0 Å². The lowest BCUT2D eigenvalue weighted by atomic mass is 10.1. The maximum absolute atomic E-state index is 12.7. The van der Waals surface area contributed by atoms with Gasteiger partial charge in [0, 0.05) is 23.6 Å². The minimum Gasteiger partial charge on any atom is -0.391 e. The molecule has 1 N–H and O–H groups in total. The molecule has 5 heteroatoms. The van der Waals surface area contributed by atoms with Crippen LogP contribution in [0.4, 0.5) is 0 Å². The molecule has 1 fully saturated rings. The predicted octanol–water partition coefficient (Wildman–Crippen LogP) is 1.89. The zero-order valence-electron chi connectivity index (χ0n) is 12.1. The zero-order valence-corrected chi connectivity index (χ0v) is 13.7. The molecule has 0 aliphatic carbocycles. The number of hydrogen-bond donors (Lipinski definition) is 1. The second-order valence-electron chi connectivity index (χ2n) is 5.75. The lowest BCUT2D eigenvalue weighted by Crippen LogP contribution is -2.41. The summed E-state index contributed by atoms with van der Waals surface area (Å²) in [5, 5.41) is 9.87. The van der Waals surface area contributed by atoms with Gasteiger partial charge in [0.05, 0.1) is 11.7 Å². The van der Waals surface area contributed by atoms with Gasteiger partial charge in [-0.05, 0) is 61.1 Å². The molecule has 1 aromatic rings. The summed E-state index contributed by atoms with van der Waals surface area (Å²) >= 11 is 3.46. The largest absolute Gasteiger partial charge is 0.391 e. The van der Waals surface area contributed by atoms with Crippen LogP contribution in [-0.2, 0) is 0 Å². The van der Waals surface area contributed by atoms with E-state index in [0.29, 0.717) is 18.5 Å². The number of aryl methyl sites for hydroxylation is 1. The maximum Gasteiger partial charge on any atom is 0.255 e. The number of rotatable bonds is 3. The van der Waals surface area contributed by atoms with E-state index in [1.54, 1.807) is 4.90 Å². The first-order valence-electron chi connectivity index (χ1n) is 6.78. The van der Waals surface area contributed by atoms with Crippen LogP contribution in [-0.4, -0.2) is 60.1 Å². The van der Waals surface area contributed by atoms with Gasteiger partial charge in [-0.25, -0.2) is 0 Å². The first-order valence-corrected chi connectivity index (χ1v) is 7.57. The van der Waals surface area contributed by atoms with Crippen molar-refractivity contribution in [1.29, 1.82) is 0 Å². The Balaban J connectivity index is 2.22. The molecule has 110 valence electrons. The third kappa shape index (κ3) is 3.40. The number of aliphatic hydroxyl groups is 1. The highest BCUT2D eigenvalue weighted by molar-refractivity contribution is 9.10. The van der Waals surface area contributed by atoms with E-state index in [-0.39, 0.29) is 11.9 Å². The molecule has 2 atom stereocenters. The van der Waals surface area contributed by atoms with Crippen LogP contribution in [0.25, 0.3) is 0 Å². The number of hydrogen-bond acceptors (Lipinski definition) is 3. The van der Waals surface area contributed by atoms with Gasteiger partial charge in [0.25, 0.3) is 5.91 Å². The van der Waals surface area contributed by atoms with Gasteiger partial charge in [0.1, 0.15) is 0 Å². The average molecular weight is 341 g/mol. The highest BCUT2D eigenvalue weighted by Crippen LogP contribution is 2.25. The molecule has 2 unspecified atom stereocenters. The van der Waals surface area contributed by atoms with Crippen molar-refractivity contribution in [1.82, 2.24) is 9.80 Å². The maximum atomic E-state index is 12.7. The summed E-state index contributed by atoms with van der Waals surface area (Å²) in [6, 6.07) is 5.80. The molecule has 0 bridgehead atoms. The van der Waals surface area contributed by atoms with Crippen molar-refractivity contribution in [3.8, 4) is 0 Å². The lowest BCUT2D eigenvalue weighted by molar-refractivity contribution is 0.0698. The van der Waals surface area contributed by atoms with E-state index >= 15 is 0 Å². The monoisotopic (exact) mass is 340 g/mol. The van der Waals surface area contributed by atoms with Crippen molar-refractivity contribution in [2.24, 2.45) is 0 Å². The molecule has 1 aromatic carbocycles. The molecular weight excluding hydrogens is 320 g/mol. The second kappa shape index (κ2) is 6.24. The van der Waals surface area contributed by atoms with Crippen LogP contribution in [0.2, 0.25) is 0 Å². The number of carbonyl (C=O) groups is 1. The van der Waals surface area contributed by atoms with E-state index in [2.05, 4.69) is 15.9 Å². The highest BCUT2D eigenvalue weighted by Gasteiger charge is 2.35. The van der Waals surface area contributed by atoms with Gasteiger partial charge in [0.15, 0.2) is 0 Å². The minimum atomic E-state index is -0.423. The average Bonchev–Trinajstić information content (AvgIpc) is 2.68. The smallest absolute Gasteiger partial charge is 0.255 e. The normalized spacial score (nSPS) is 22.6. The molecule has 2 rings (SSSR count). The Labute approximate surface area is 128 Å². The van der Waals surface area contributed by atoms with Crippen molar-refractivity contribution in [2.75, 3.05) is 27.2 Å². The highest BCUT2D eigenvalue weighted by atomic mass is 79.9. The summed E-state index contributed by atoms with van der Waals surface area (Å²) in [6.07, 6.45) is 0.223. The Bertz CT molecular complexity index is 505. The molecule has 1 aliphatic rings. The molecule has 0 spiro atoms. The van der Waals surface area contributed by atoms with Gasteiger partial charge < -0.3 is 14.9 Å². The molecule has 20 heavy (non-hydrogen) atoms. The van der Waals surface area contributed by atoms with E-state index in [1.807, 2.05) is 44.1 Å². The van der Waals surface area contributed by atoms with Crippen LogP contribution in [0, 0.1) is 6.92 Å². The number of carbonyl (C=O) groups excluding carboxylic acids is 1. The lowest BCUT2D eigenvalue weighted by Gasteiger charge is -2.27. The van der Waals surface area contributed by atoms with Crippen LogP contribution < -0.4 is 0 Å². The van der Waals surface area contributed by atoms with Crippen molar-refractivity contribution in [3.05, 3.63) is 33.8 Å². The van der Waals surface area contributed by atoms with Gasteiger partial charge in [-0.15, -0.1) is 0 Å². The summed E-state index contributed by atoms with van der Waals surface area (Å²) in [6.45, 7) is 3.18. The predicted molar refractivity (Wildman–Crippen MR) is 82.9 cm³/mol. The van der Waals surface area contributed by atoms with Crippen LogP contribution >= 0.6 is 15.9 Å². The van der Waals surface area contributed by atoms with E-state index in [0.717, 1.165) is 16.6 Å². The number of likely N-dealkylation sites (N-methyl/N-ethyl adjacent to an activating group) is 1. The van der Waals surface area contributed by atoms with Crippen LogP contribution in [0.15, 0.2) is 22.7 Å². The van der Waals surface area contributed by atoms with Crippen LogP contribution in [0.5, 0.6) is 0 Å². The molecule has 0 saturated carbocycles. The van der Waals surface area contributed by atoms with Gasteiger partial charge >= 0.3 is 0 Å². The summed E-state index contributed by atoms with van der Waals surface area (Å²) in [5.41, 5.74) is 1.77. The Morgan fingerprint density at radius 1 is 1.50 bits per heavy atom. The third-order valence-electron chi connectivity index (χ3n) is 3.58. The Morgan fingerprint density at radius 2 is 2.20 bits per heavy atom. The minimum absolute atomic E-state index is 0.0136. The van der Waals surface area contributed by atoms with Gasteiger partial charge in [-0.3, -0.25) is 4.79 Å². The molecule has 1 aliphatic heterocycles. The Morgan fingerprint density at radius 3 is 2.80 bits per heavy atom. The van der Waals surface area contributed by atoms with E-state index in [1.165, 1.54) is 0 Å². The summed E-state index contributed by atoms with van der Waals surface area (Å²) in [5.74, 6) is -0.0136. The van der Waals surface area contributed by atoms with E-state index < -0.39 is 6.10 Å². The van der Waals surface area contributed by atoms with Gasteiger partial charge in [0.2, 0.25) is 0 Å². The second-order valence-corrected chi connectivity index (χ2v) is 6.60. The fourth-order valence-corrected chi connectivity index (χ4v) is 3.35. The standard InChI is InChI=1S/C15H21BrN2O2/c1-10-4-5-13(14(16)6-10)15(20)18-9-12(19)7-11(18)8-17(2)3/h4-6,11-12,19H,7-9H2,1-3H3. The van der Waals surface area contributed by atoms with Crippen molar-refractivity contribution < 1.29 is 9.90 Å². The topological polar surface area (TPSA) is 43.8 Å². The van der Waals surface area contributed by atoms with Crippen LogP contribution in [0.1, 0.15) is 22.3 Å². The molecular formula is C15H21BrN2O2. The molecule has 1 amide bonds. The number of likely N-dealkylation sites (tertiary alicyclic amines) is 1. The van der Waals surface area contributed by atoms with Crippen LogP contribution in [0.3, 0.4) is 0 Å². The van der Waals surface area contributed by atoms with E-state index in [9.17, 15) is 9.90 Å².